The van der Waals surface area contributed by atoms with Gasteiger partial charge in [0.25, 0.3) is 5.56 Å². The number of nitrogens with zero attached hydrogens (tertiary/aromatic N) is 3. The topological polar surface area (TPSA) is 46.9 Å². The van der Waals surface area contributed by atoms with Crippen molar-refractivity contribution in [3.8, 4) is 11.5 Å². The van der Waals surface area contributed by atoms with Crippen molar-refractivity contribution in [2.45, 2.75) is 38.9 Å². The summed E-state index contributed by atoms with van der Waals surface area (Å²) in [5, 5.41) is 0.914. The number of rotatable bonds is 6. The summed E-state index contributed by atoms with van der Waals surface area (Å²) in [6.45, 7) is 6.79. The van der Waals surface area contributed by atoms with Gasteiger partial charge >= 0.3 is 0 Å². The number of benzene rings is 2. The predicted octanol–water partition coefficient (Wildman–Crippen LogP) is 3.27. The monoisotopic (exact) mass is 461 g/mol. The number of aromatic nitrogens is 1. The third kappa shape index (κ3) is 4.84. The number of ether oxygens (including phenoxy) is 2. The Morgan fingerprint density at radius 1 is 1.03 bits per heavy atom. The van der Waals surface area contributed by atoms with Crippen LogP contribution < -0.4 is 15.0 Å². The highest BCUT2D eigenvalue weighted by atomic mass is 19.1. The number of piperidine rings is 1. The van der Waals surface area contributed by atoms with E-state index < -0.39 is 0 Å². The maximum Gasteiger partial charge on any atom is 0.251 e. The van der Waals surface area contributed by atoms with Crippen molar-refractivity contribution < 1.29 is 13.9 Å². The van der Waals surface area contributed by atoms with Gasteiger partial charge < -0.3 is 23.8 Å². The molecule has 2 aromatic carbocycles. The van der Waals surface area contributed by atoms with E-state index in [9.17, 15) is 9.18 Å². The van der Waals surface area contributed by atoms with Gasteiger partial charge in [-0.1, -0.05) is 6.07 Å². The van der Waals surface area contributed by atoms with Gasteiger partial charge in [0.2, 0.25) is 0 Å². The molecule has 0 bridgehead atoms. The molecule has 2 aliphatic heterocycles. The van der Waals surface area contributed by atoms with Crippen LogP contribution in [0.15, 0.2) is 47.3 Å². The summed E-state index contributed by atoms with van der Waals surface area (Å²) in [5.74, 6) is 1.24. The quantitative estimate of drug-likeness (QED) is 0.528. The molecule has 1 saturated heterocycles. The molecule has 0 spiro atoms. The molecule has 8 heteroatoms. The Balaban J connectivity index is 1.17. The molecule has 3 heterocycles. The Morgan fingerprint density at radius 3 is 2.59 bits per heavy atom. The van der Waals surface area contributed by atoms with Gasteiger partial charge in [-0.2, -0.15) is 0 Å². The molecule has 0 amide bonds. The molecule has 1 fully saturated rings. The summed E-state index contributed by atoms with van der Waals surface area (Å²) in [4.78, 5) is 16.9. The summed E-state index contributed by atoms with van der Waals surface area (Å²) < 4.78 is 26.8. The predicted molar refractivity (Wildman–Crippen MR) is 131 cm³/mol. The maximum absolute atomic E-state index is 13.9. The lowest BCUT2D eigenvalue weighted by Crippen LogP contribution is -2.44. The van der Waals surface area contributed by atoms with E-state index in [1.165, 1.54) is 12.1 Å². The lowest BCUT2D eigenvalue weighted by Gasteiger charge is -2.37. The molecule has 2 radical (unpaired) electrons. The third-order valence-corrected chi connectivity index (χ3v) is 6.92. The molecule has 0 N–H and O–H groups in total. The van der Waals surface area contributed by atoms with Crippen LogP contribution in [-0.2, 0) is 13.1 Å². The molecular formula is C26H29BFN3O3. The van der Waals surface area contributed by atoms with Crippen molar-refractivity contribution in [3.05, 3.63) is 69.8 Å². The van der Waals surface area contributed by atoms with Gasteiger partial charge in [-0.15, -0.1) is 0 Å². The van der Waals surface area contributed by atoms with Crippen molar-refractivity contribution in [2.24, 2.45) is 0 Å². The summed E-state index contributed by atoms with van der Waals surface area (Å²) >= 11 is 0. The Morgan fingerprint density at radius 2 is 1.79 bits per heavy atom. The number of hydrogen-bond acceptors (Lipinski definition) is 5. The third-order valence-electron chi connectivity index (χ3n) is 6.92. The van der Waals surface area contributed by atoms with E-state index in [1.807, 2.05) is 29.9 Å². The van der Waals surface area contributed by atoms with Gasteiger partial charge in [0.1, 0.15) is 19.0 Å². The molecule has 0 atom stereocenters. The van der Waals surface area contributed by atoms with Crippen molar-refractivity contribution in [1.82, 2.24) is 14.3 Å². The number of pyridine rings is 1. The zero-order valence-corrected chi connectivity index (χ0v) is 19.5. The first kappa shape index (κ1) is 22.9. The van der Waals surface area contributed by atoms with Crippen molar-refractivity contribution in [3.63, 3.8) is 0 Å². The fourth-order valence-corrected chi connectivity index (χ4v) is 4.99. The number of likely N-dealkylation sites (tertiary alicyclic amines) is 1. The van der Waals surface area contributed by atoms with Crippen LogP contribution in [0.5, 0.6) is 11.5 Å². The number of fused-ring (bicyclic) bond motifs is 2. The molecule has 0 aliphatic carbocycles. The van der Waals surface area contributed by atoms with E-state index in [1.54, 1.807) is 16.7 Å². The van der Waals surface area contributed by atoms with Crippen LogP contribution in [0.1, 0.15) is 24.0 Å². The lowest BCUT2D eigenvalue weighted by atomic mass is 9.99. The first-order chi connectivity index (χ1) is 16.5. The van der Waals surface area contributed by atoms with Crippen LogP contribution in [0.25, 0.3) is 10.9 Å². The molecule has 34 heavy (non-hydrogen) atoms. The minimum Gasteiger partial charge on any atom is -0.486 e. The first-order valence-electron chi connectivity index (χ1n) is 11.9. The van der Waals surface area contributed by atoms with E-state index in [2.05, 4.69) is 4.90 Å². The van der Waals surface area contributed by atoms with Crippen molar-refractivity contribution in [2.75, 3.05) is 32.8 Å². The van der Waals surface area contributed by atoms with E-state index >= 15 is 0 Å². The zero-order valence-electron chi connectivity index (χ0n) is 19.5. The average Bonchev–Trinajstić information content (AvgIpc) is 2.84. The molecule has 1 aromatic heterocycles. The minimum atomic E-state index is -0.326. The van der Waals surface area contributed by atoms with Gasteiger partial charge in [-0.3, -0.25) is 4.79 Å². The highest BCUT2D eigenvalue weighted by Crippen LogP contribution is 2.31. The molecule has 2 aliphatic rings. The Labute approximate surface area is 200 Å². The van der Waals surface area contributed by atoms with Gasteiger partial charge in [-0.25, -0.2) is 4.39 Å². The summed E-state index contributed by atoms with van der Waals surface area (Å²) in [7, 11) is 6.44. The second kappa shape index (κ2) is 9.80. The van der Waals surface area contributed by atoms with Crippen LogP contribution in [0.3, 0.4) is 0 Å². The molecule has 5 rings (SSSR count). The largest absolute Gasteiger partial charge is 0.486 e. The van der Waals surface area contributed by atoms with E-state index in [4.69, 9.17) is 17.5 Å². The SMILES string of the molecule is [B]N(Cc1ccc2c(c1)OCCO2)C1CCN(CCn2c(=O)cc(C)c3ccc(F)cc32)CC1. The highest BCUT2D eigenvalue weighted by molar-refractivity contribution is 6.04. The van der Waals surface area contributed by atoms with Crippen LogP contribution in [0.4, 0.5) is 4.39 Å². The molecule has 0 unspecified atom stereocenters. The van der Waals surface area contributed by atoms with Crippen molar-refractivity contribution in [1.29, 1.82) is 0 Å². The molecule has 3 aromatic rings. The van der Waals surface area contributed by atoms with Gasteiger partial charge in [0, 0.05) is 37.1 Å². The summed E-state index contributed by atoms with van der Waals surface area (Å²) in [6, 6.07) is 12.6. The van der Waals surface area contributed by atoms with E-state index in [0.717, 1.165) is 60.5 Å². The fraction of sp³-hybridized carbons (Fsp3) is 0.423. The highest BCUT2D eigenvalue weighted by Gasteiger charge is 2.23. The zero-order chi connectivity index (χ0) is 23.7. The number of hydrogen-bond donors (Lipinski definition) is 0. The number of aryl methyl sites for hydroxylation is 1. The Hall–Kier alpha value is -2.84. The Bertz CT molecular complexity index is 1240. The second-order valence-corrected chi connectivity index (χ2v) is 9.20. The van der Waals surface area contributed by atoms with Crippen LogP contribution in [0, 0.1) is 12.7 Å². The van der Waals surface area contributed by atoms with Crippen LogP contribution in [-0.4, -0.2) is 61.1 Å². The molecule has 6 nitrogen and oxygen atoms in total. The first-order valence-corrected chi connectivity index (χ1v) is 11.9. The number of halogens is 1. The second-order valence-electron chi connectivity index (χ2n) is 9.20. The minimum absolute atomic E-state index is 0.0851. The van der Waals surface area contributed by atoms with E-state index in [-0.39, 0.29) is 11.4 Å². The van der Waals surface area contributed by atoms with Crippen LogP contribution in [0.2, 0.25) is 0 Å². The van der Waals surface area contributed by atoms with Gasteiger partial charge in [-0.05, 0) is 74.3 Å². The van der Waals surface area contributed by atoms with Gasteiger partial charge in [0.05, 0.1) is 5.52 Å². The van der Waals surface area contributed by atoms with Crippen LogP contribution >= 0.6 is 0 Å². The smallest absolute Gasteiger partial charge is 0.251 e. The van der Waals surface area contributed by atoms with E-state index in [0.29, 0.717) is 37.9 Å². The average molecular weight is 461 g/mol. The maximum atomic E-state index is 13.9. The summed E-state index contributed by atoms with van der Waals surface area (Å²) in [5.41, 5.74) is 2.55. The Kier molecular flexibility index (Phi) is 6.61. The molecule has 176 valence electrons. The fourth-order valence-electron chi connectivity index (χ4n) is 4.99. The van der Waals surface area contributed by atoms with Crippen molar-refractivity contribution >= 4 is 18.9 Å². The molecule has 0 saturated carbocycles. The standard InChI is InChI=1S/C26H29BFN3O3/c1-18-14-26(32)30(23-16-20(28)3-4-22(18)23)11-10-29-8-6-21(7-9-29)31(27)17-19-2-5-24-25(15-19)34-13-12-33-24/h2-5,14-16,21H,6-13,17H2,1H3. The normalized spacial score (nSPS) is 16.9. The summed E-state index contributed by atoms with van der Waals surface area (Å²) in [6.07, 6.45) is 1.92. The van der Waals surface area contributed by atoms with Gasteiger partial charge in [0.15, 0.2) is 19.5 Å². The lowest BCUT2D eigenvalue weighted by molar-refractivity contribution is 0.153. The molecular weight excluding hydrogens is 432 g/mol.